The monoisotopic (exact) mass is 438 g/mol. The molecule has 6 heteroatoms. The van der Waals surface area contributed by atoms with Crippen LogP contribution in [0.2, 0.25) is 10.0 Å². The van der Waals surface area contributed by atoms with Gasteiger partial charge in [0.2, 0.25) is 5.78 Å². The number of esters is 1. The first-order valence-corrected chi connectivity index (χ1v) is 9.91. The molecule has 0 unspecified atom stereocenters. The summed E-state index contributed by atoms with van der Waals surface area (Å²) in [7, 11) is 0. The van der Waals surface area contributed by atoms with Crippen molar-refractivity contribution in [1.29, 1.82) is 0 Å². The summed E-state index contributed by atoms with van der Waals surface area (Å²) in [6, 6.07) is 15.3. The summed E-state index contributed by atoms with van der Waals surface area (Å²) < 4.78 is 11.3. The second kappa shape index (κ2) is 7.98. The van der Waals surface area contributed by atoms with Crippen molar-refractivity contribution in [1.82, 2.24) is 0 Å². The number of hydrogen-bond donors (Lipinski definition) is 0. The van der Waals surface area contributed by atoms with E-state index < -0.39 is 5.97 Å². The van der Waals surface area contributed by atoms with E-state index in [0.29, 0.717) is 43.8 Å². The van der Waals surface area contributed by atoms with Gasteiger partial charge in [-0.1, -0.05) is 47.0 Å². The molecule has 0 radical (unpaired) electrons. The van der Waals surface area contributed by atoms with Crippen molar-refractivity contribution in [3.63, 3.8) is 0 Å². The lowest BCUT2D eigenvalue weighted by atomic mass is 10.1. The van der Waals surface area contributed by atoms with Crippen molar-refractivity contribution < 1.29 is 19.1 Å². The fourth-order valence-electron chi connectivity index (χ4n) is 3.08. The Hall–Kier alpha value is -3.08. The normalized spacial score (nSPS) is 13.9. The number of ether oxygens (including phenoxy) is 2. The molecular weight excluding hydrogens is 423 g/mol. The van der Waals surface area contributed by atoms with Crippen LogP contribution in [0.3, 0.4) is 0 Å². The molecule has 4 rings (SSSR count). The van der Waals surface area contributed by atoms with Crippen LogP contribution in [-0.2, 0) is 0 Å². The maximum atomic E-state index is 12.7. The van der Waals surface area contributed by atoms with Gasteiger partial charge in [-0.25, -0.2) is 4.79 Å². The first-order chi connectivity index (χ1) is 14.3. The Morgan fingerprint density at radius 1 is 0.967 bits per heavy atom. The Labute approximate surface area is 183 Å². The average molecular weight is 439 g/mol. The number of allylic oxidation sites excluding steroid dienone is 1. The van der Waals surface area contributed by atoms with Crippen LogP contribution in [0.5, 0.6) is 11.5 Å². The van der Waals surface area contributed by atoms with Crippen LogP contribution in [0.4, 0.5) is 0 Å². The molecule has 3 aromatic carbocycles. The van der Waals surface area contributed by atoms with E-state index in [1.807, 2.05) is 19.1 Å². The molecular formula is C24H16Cl2O4. The second-order valence-corrected chi connectivity index (χ2v) is 7.75. The maximum Gasteiger partial charge on any atom is 0.343 e. The van der Waals surface area contributed by atoms with Crippen LogP contribution in [0, 0.1) is 13.8 Å². The number of carbonyl (C=O) groups excluding carboxylic acids is 2. The second-order valence-electron chi connectivity index (χ2n) is 6.93. The van der Waals surface area contributed by atoms with Gasteiger partial charge in [-0.2, -0.15) is 0 Å². The standard InChI is InChI=1S/C24H16Cl2O4/c1-13-3-6-16(7-4-13)24(28)30-20-10-8-17-22(27)21(29-23(17)14(20)2)12-15-5-9-18(25)19(26)11-15/h3-12H,1-2H3/b21-12-. The third kappa shape index (κ3) is 3.84. The third-order valence-electron chi connectivity index (χ3n) is 4.77. The summed E-state index contributed by atoms with van der Waals surface area (Å²) in [6.07, 6.45) is 1.60. The fraction of sp³-hybridized carbons (Fsp3) is 0.0833. The summed E-state index contributed by atoms with van der Waals surface area (Å²) in [4.78, 5) is 25.2. The molecule has 0 aromatic heterocycles. The highest BCUT2D eigenvalue weighted by atomic mass is 35.5. The molecule has 3 aromatic rings. The Balaban J connectivity index is 1.61. The van der Waals surface area contributed by atoms with E-state index in [1.54, 1.807) is 55.5 Å². The minimum Gasteiger partial charge on any atom is -0.452 e. The largest absolute Gasteiger partial charge is 0.452 e. The summed E-state index contributed by atoms with van der Waals surface area (Å²) in [5, 5.41) is 0.812. The molecule has 0 spiro atoms. The molecule has 0 aliphatic carbocycles. The van der Waals surface area contributed by atoms with Gasteiger partial charge >= 0.3 is 5.97 Å². The van der Waals surface area contributed by atoms with Crippen LogP contribution in [0.1, 0.15) is 37.4 Å². The molecule has 0 amide bonds. The van der Waals surface area contributed by atoms with Crippen molar-refractivity contribution in [2.45, 2.75) is 13.8 Å². The van der Waals surface area contributed by atoms with E-state index in [9.17, 15) is 9.59 Å². The number of Topliss-reactive ketones (excluding diaryl/α,β-unsaturated/α-hetero) is 1. The fourth-order valence-corrected chi connectivity index (χ4v) is 3.39. The maximum absolute atomic E-state index is 12.7. The zero-order chi connectivity index (χ0) is 21.4. The molecule has 0 N–H and O–H groups in total. The molecule has 1 heterocycles. The molecule has 0 saturated heterocycles. The Morgan fingerprint density at radius 3 is 2.40 bits per heavy atom. The van der Waals surface area contributed by atoms with Gasteiger partial charge in [-0.15, -0.1) is 0 Å². The van der Waals surface area contributed by atoms with Gasteiger partial charge in [0.1, 0.15) is 11.5 Å². The van der Waals surface area contributed by atoms with Gasteiger partial charge in [0.25, 0.3) is 0 Å². The highest BCUT2D eigenvalue weighted by molar-refractivity contribution is 6.42. The van der Waals surface area contributed by atoms with Crippen LogP contribution in [0.25, 0.3) is 6.08 Å². The molecule has 150 valence electrons. The number of ketones is 1. The van der Waals surface area contributed by atoms with Gasteiger partial charge in [-0.3, -0.25) is 4.79 Å². The molecule has 0 bridgehead atoms. The summed E-state index contributed by atoms with van der Waals surface area (Å²) >= 11 is 12.0. The van der Waals surface area contributed by atoms with Gasteiger partial charge < -0.3 is 9.47 Å². The predicted octanol–water partition coefficient (Wildman–Crippen LogP) is 6.45. The number of rotatable bonds is 3. The van der Waals surface area contributed by atoms with Crippen LogP contribution >= 0.6 is 23.2 Å². The Kier molecular flexibility index (Phi) is 5.37. The van der Waals surface area contributed by atoms with Crippen LogP contribution in [-0.4, -0.2) is 11.8 Å². The minimum absolute atomic E-state index is 0.161. The van der Waals surface area contributed by atoms with Gasteiger partial charge in [0.15, 0.2) is 5.76 Å². The van der Waals surface area contributed by atoms with Crippen LogP contribution in [0.15, 0.2) is 60.4 Å². The van der Waals surface area contributed by atoms with Crippen LogP contribution < -0.4 is 9.47 Å². The predicted molar refractivity (Wildman–Crippen MR) is 117 cm³/mol. The van der Waals surface area contributed by atoms with E-state index in [-0.39, 0.29) is 11.5 Å². The number of halogens is 2. The van der Waals surface area contributed by atoms with E-state index in [1.165, 1.54) is 0 Å². The zero-order valence-corrected chi connectivity index (χ0v) is 17.7. The van der Waals surface area contributed by atoms with Gasteiger partial charge in [-0.05, 0) is 61.9 Å². The van der Waals surface area contributed by atoms with E-state index >= 15 is 0 Å². The number of hydrogen-bond acceptors (Lipinski definition) is 4. The number of fused-ring (bicyclic) bond motifs is 1. The van der Waals surface area contributed by atoms with E-state index in [2.05, 4.69) is 0 Å². The number of carbonyl (C=O) groups is 2. The van der Waals surface area contributed by atoms with Gasteiger partial charge in [0.05, 0.1) is 21.2 Å². The highest BCUT2D eigenvalue weighted by Crippen LogP contribution is 2.39. The summed E-state index contributed by atoms with van der Waals surface area (Å²) in [5.41, 5.74) is 3.16. The average Bonchev–Trinajstić information content (AvgIpc) is 3.04. The van der Waals surface area contributed by atoms with Crippen molar-refractivity contribution in [3.05, 3.63) is 98.2 Å². The van der Waals surface area contributed by atoms with Crippen molar-refractivity contribution in [2.75, 3.05) is 0 Å². The molecule has 1 aliphatic heterocycles. The van der Waals surface area contributed by atoms with E-state index in [4.69, 9.17) is 32.7 Å². The molecule has 0 saturated carbocycles. The summed E-state index contributed by atoms with van der Waals surface area (Å²) in [6.45, 7) is 3.68. The molecule has 0 fully saturated rings. The molecule has 30 heavy (non-hydrogen) atoms. The Bertz CT molecular complexity index is 1210. The van der Waals surface area contributed by atoms with Gasteiger partial charge in [0, 0.05) is 5.56 Å². The number of aryl methyl sites for hydroxylation is 1. The summed E-state index contributed by atoms with van der Waals surface area (Å²) in [5.74, 6) is 0.140. The molecule has 1 aliphatic rings. The lowest BCUT2D eigenvalue weighted by Crippen LogP contribution is -2.09. The lowest BCUT2D eigenvalue weighted by molar-refractivity contribution is 0.0733. The minimum atomic E-state index is -0.478. The van der Waals surface area contributed by atoms with Crippen molar-refractivity contribution >= 4 is 41.0 Å². The lowest BCUT2D eigenvalue weighted by Gasteiger charge is -2.10. The number of benzene rings is 3. The molecule has 4 nitrogen and oxygen atoms in total. The highest BCUT2D eigenvalue weighted by Gasteiger charge is 2.30. The van der Waals surface area contributed by atoms with Crippen molar-refractivity contribution in [2.24, 2.45) is 0 Å². The van der Waals surface area contributed by atoms with E-state index in [0.717, 1.165) is 5.56 Å². The SMILES string of the molecule is Cc1ccc(C(=O)Oc2ccc3c(c2C)O/C(=C\c2ccc(Cl)c(Cl)c2)C3=O)cc1. The first-order valence-electron chi connectivity index (χ1n) is 9.15. The Morgan fingerprint density at radius 2 is 1.70 bits per heavy atom. The topological polar surface area (TPSA) is 52.6 Å². The smallest absolute Gasteiger partial charge is 0.343 e. The first kappa shape index (κ1) is 20.2. The molecule has 0 atom stereocenters. The zero-order valence-electron chi connectivity index (χ0n) is 16.2. The quantitative estimate of drug-likeness (QED) is 0.268. The van der Waals surface area contributed by atoms with Crippen molar-refractivity contribution in [3.8, 4) is 11.5 Å². The third-order valence-corrected chi connectivity index (χ3v) is 5.51.